The first-order valence-electron chi connectivity index (χ1n) is 6.90. The van der Waals surface area contributed by atoms with Gasteiger partial charge >= 0.3 is 7.12 Å². The Morgan fingerprint density at radius 1 is 1.26 bits per heavy atom. The van der Waals surface area contributed by atoms with Crippen LogP contribution in [0.4, 0.5) is 5.69 Å². The summed E-state index contributed by atoms with van der Waals surface area (Å²) in [6, 6.07) is 6.40. The molecule has 0 aliphatic heterocycles. The van der Waals surface area contributed by atoms with Crippen LogP contribution in [0, 0.1) is 0 Å². The molecule has 0 aliphatic carbocycles. The second-order valence-corrected chi connectivity index (χ2v) is 7.96. The van der Waals surface area contributed by atoms with E-state index in [2.05, 4.69) is 18.6 Å². The molecule has 0 atom stereocenters. The molecule has 0 aliphatic rings. The third-order valence-electron chi connectivity index (χ3n) is 2.46. The summed E-state index contributed by atoms with van der Waals surface area (Å²) >= 11 is 7.45. The molecule has 0 spiro atoms. The topological polar surface area (TPSA) is 86.6 Å². The third-order valence-corrected chi connectivity index (χ3v) is 4.36. The van der Waals surface area contributed by atoms with E-state index in [1.165, 1.54) is 23.8 Å². The van der Waals surface area contributed by atoms with Crippen LogP contribution in [0.2, 0.25) is 5.02 Å². The van der Waals surface area contributed by atoms with Gasteiger partial charge in [-0.25, -0.2) is 8.42 Å². The lowest BCUT2D eigenvalue weighted by molar-refractivity contribution is 0.426. The predicted molar refractivity (Wildman–Crippen MR) is 99.0 cm³/mol. The van der Waals surface area contributed by atoms with E-state index in [0.29, 0.717) is 21.7 Å². The van der Waals surface area contributed by atoms with E-state index in [1.54, 1.807) is 23.6 Å². The van der Waals surface area contributed by atoms with Crippen LogP contribution in [0.3, 0.4) is 0 Å². The lowest BCUT2D eigenvalue weighted by Gasteiger charge is -2.07. The van der Waals surface area contributed by atoms with Gasteiger partial charge in [0.05, 0.1) is 11.3 Å². The summed E-state index contributed by atoms with van der Waals surface area (Å²) in [6.45, 7) is 4.25. The Bertz CT molecular complexity index is 747. The van der Waals surface area contributed by atoms with Crippen molar-refractivity contribution >= 4 is 51.2 Å². The maximum atomic E-state index is 11.1. The fraction of sp³-hybridized carbons (Fsp3) is 0.286. The number of sulfonamides is 1. The first-order valence-corrected chi connectivity index (χ1v) is 10.0. The number of hydrogen-bond donors (Lipinski definition) is 3. The number of thiophene rings is 1. The number of halogens is 1. The van der Waals surface area contributed by atoms with Crippen molar-refractivity contribution in [1.29, 1.82) is 0 Å². The Labute approximate surface area is 146 Å². The number of hydrogen-bond acceptors (Lipinski definition) is 5. The van der Waals surface area contributed by atoms with Crippen molar-refractivity contribution in [1.82, 2.24) is 0 Å². The molecule has 0 amide bonds. The number of anilines is 1. The van der Waals surface area contributed by atoms with Crippen LogP contribution in [0.5, 0.6) is 0 Å². The minimum Gasteiger partial charge on any atom is -0.423 e. The Kier molecular flexibility index (Phi) is 7.56. The molecule has 5 nitrogen and oxygen atoms in total. The smallest absolute Gasteiger partial charge is 0.423 e. The van der Waals surface area contributed by atoms with Crippen LogP contribution in [0.1, 0.15) is 20.3 Å². The van der Waals surface area contributed by atoms with Crippen LogP contribution >= 0.6 is 22.9 Å². The second kappa shape index (κ2) is 8.70. The minimum absolute atomic E-state index is 0.375. The molecule has 2 aromatic rings. The zero-order chi connectivity index (χ0) is 17.6. The zero-order valence-corrected chi connectivity index (χ0v) is 15.5. The Morgan fingerprint density at radius 2 is 1.87 bits per heavy atom. The summed E-state index contributed by atoms with van der Waals surface area (Å²) in [5.74, 6) is 0. The molecule has 126 valence electrons. The van der Waals surface area contributed by atoms with Crippen molar-refractivity contribution in [2.45, 2.75) is 20.3 Å². The van der Waals surface area contributed by atoms with Gasteiger partial charge in [-0.05, 0) is 35.1 Å². The minimum atomic E-state index is -3.35. The van der Waals surface area contributed by atoms with Crippen LogP contribution in [-0.2, 0) is 10.0 Å². The van der Waals surface area contributed by atoms with E-state index in [-0.39, 0.29) is 0 Å². The molecule has 1 aromatic heterocycles. The largest absolute Gasteiger partial charge is 0.489 e. The van der Waals surface area contributed by atoms with Crippen LogP contribution in [0.15, 0.2) is 29.6 Å². The highest BCUT2D eigenvalue weighted by Gasteiger charge is 2.15. The zero-order valence-electron chi connectivity index (χ0n) is 13.1. The molecule has 0 radical (unpaired) electrons. The molecule has 0 fully saturated rings. The highest BCUT2D eigenvalue weighted by Crippen LogP contribution is 2.32. The summed E-state index contributed by atoms with van der Waals surface area (Å²) in [6.07, 6.45) is 2.31. The average molecular weight is 376 g/mol. The molecule has 3 N–H and O–H groups in total. The third kappa shape index (κ3) is 6.52. The SMILES string of the molecule is CCC.CS(=O)(=O)Nc1ccc(-c2cc(B(O)O)cs2)c(Cl)c1. The van der Waals surface area contributed by atoms with Gasteiger partial charge in [-0.3, -0.25) is 4.72 Å². The van der Waals surface area contributed by atoms with Gasteiger partial charge in [-0.1, -0.05) is 31.9 Å². The standard InChI is InChI=1S/C11H11BClNO4S2.C3H8/c1-20(17,18)14-8-2-3-9(10(13)5-8)11-4-7(6-19-11)12(15)16;1-3-2/h2-6,14-16H,1H3;3H2,1-2H3. The van der Waals surface area contributed by atoms with E-state index in [4.69, 9.17) is 21.6 Å². The maximum Gasteiger partial charge on any atom is 0.489 e. The van der Waals surface area contributed by atoms with Crippen molar-refractivity contribution in [2.75, 3.05) is 11.0 Å². The van der Waals surface area contributed by atoms with E-state index < -0.39 is 17.1 Å². The van der Waals surface area contributed by atoms with Crippen molar-refractivity contribution in [3.63, 3.8) is 0 Å². The summed E-state index contributed by atoms with van der Waals surface area (Å²) in [5.41, 5.74) is 1.46. The van der Waals surface area contributed by atoms with E-state index in [9.17, 15) is 8.42 Å². The Hall–Kier alpha value is -1.06. The van der Waals surface area contributed by atoms with E-state index in [1.807, 2.05) is 0 Å². The fourth-order valence-electron chi connectivity index (χ4n) is 1.62. The highest BCUT2D eigenvalue weighted by atomic mass is 35.5. The maximum absolute atomic E-state index is 11.1. The first kappa shape index (κ1) is 20.0. The van der Waals surface area contributed by atoms with Crippen LogP contribution in [0.25, 0.3) is 10.4 Å². The number of rotatable bonds is 4. The van der Waals surface area contributed by atoms with Gasteiger partial charge in [0, 0.05) is 16.1 Å². The Morgan fingerprint density at radius 3 is 2.30 bits per heavy atom. The van der Waals surface area contributed by atoms with Gasteiger partial charge in [-0.15, -0.1) is 11.3 Å². The highest BCUT2D eigenvalue weighted by molar-refractivity contribution is 7.92. The predicted octanol–water partition coefficient (Wildman–Crippen LogP) is 2.54. The molecular weight excluding hydrogens is 357 g/mol. The first-order chi connectivity index (χ1) is 10.7. The molecule has 0 bridgehead atoms. The summed E-state index contributed by atoms with van der Waals surface area (Å²) in [4.78, 5) is 0.768. The number of benzene rings is 1. The van der Waals surface area contributed by atoms with Crippen molar-refractivity contribution in [3.05, 3.63) is 34.7 Å². The van der Waals surface area contributed by atoms with Gasteiger partial charge in [0.2, 0.25) is 10.0 Å². The molecule has 1 heterocycles. The fourth-order valence-corrected chi connectivity index (χ4v) is 3.48. The summed E-state index contributed by atoms with van der Waals surface area (Å²) in [7, 11) is -4.87. The molecular formula is C14H19BClNO4S2. The average Bonchev–Trinajstić information content (AvgIpc) is 2.87. The van der Waals surface area contributed by atoms with Crippen molar-refractivity contribution in [2.24, 2.45) is 0 Å². The molecule has 0 unspecified atom stereocenters. The molecule has 0 saturated carbocycles. The molecule has 2 rings (SSSR count). The molecule has 9 heteroatoms. The lowest BCUT2D eigenvalue weighted by Crippen LogP contribution is -2.27. The summed E-state index contributed by atoms with van der Waals surface area (Å²) < 4.78 is 24.6. The van der Waals surface area contributed by atoms with Gasteiger partial charge in [0.15, 0.2) is 0 Å². The van der Waals surface area contributed by atoms with Crippen molar-refractivity contribution < 1.29 is 18.5 Å². The quantitative estimate of drug-likeness (QED) is 0.717. The van der Waals surface area contributed by atoms with Gasteiger partial charge in [-0.2, -0.15) is 0 Å². The summed E-state index contributed by atoms with van der Waals surface area (Å²) in [5, 5.41) is 20.2. The van der Waals surface area contributed by atoms with Crippen molar-refractivity contribution in [3.8, 4) is 10.4 Å². The normalized spacial score (nSPS) is 10.7. The van der Waals surface area contributed by atoms with Crippen LogP contribution in [-0.4, -0.2) is 31.8 Å². The van der Waals surface area contributed by atoms with Gasteiger partial charge in [0.1, 0.15) is 0 Å². The monoisotopic (exact) mass is 375 g/mol. The lowest BCUT2D eigenvalue weighted by atomic mass is 9.82. The Balaban J connectivity index is 0.000000816. The molecule has 1 aromatic carbocycles. The van der Waals surface area contributed by atoms with E-state index >= 15 is 0 Å². The van der Waals surface area contributed by atoms with Crippen LogP contribution < -0.4 is 10.2 Å². The van der Waals surface area contributed by atoms with Gasteiger partial charge < -0.3 is 10.0 Å². The van der Waals surface area contributed by atoms with E-state index in [0.717, 1.165) is 11.1 Å². The molecule has 23 heavy (non-hydrogen) atoms. The number of nitrogens with one attached hydrogen (secondary N) is 1. The molecule has 0 saturated heterocycles. The second-order valence-electron chi connectivity index (χ2n) is 4.89. The van der Waals surface area contributed by atoms with Gasteiger partial charge in [0.25, 0.3) is 0 Å².